The summed E-state index contributed by atoms with van der Waals surface area (Å²) in [4.78, 5) is 30.3. The van der Waals surface area contributed by atoms with Crippen LogP contribution in [0.25, 0.3) is 12.2 Å². The molecule has 0 heterocycles. The monoisotopic (exact) mass is 630 g/mol. The van der Waals surface area contributed by atoms with E-state index in [1.54, 1.807) is 12.2 Å². The van der Waals surface area contributed by atoms with Crippen LogP contribution >= 0.6 is 0 Å². The molecule has 0 fully saturated rings. The summed E-state index contributed by atoms with van der Waals surface area (Å²) in [6.07, 6.45) is 6.14. The lowest BCUT2D eigenvalue weighted by molar-refractivity contribution is -0.121. The molecule has 6 heteroatoms. The highest BCUT2D eigenvalue weighted by Gasteiger charge is 2.11. The second-order valence-corrected chi connectivity index (χ2v) is 11.1. The number of carbonyl (C=O) groups is 2. The van der Waals surface area contributed by atoms with Gasteiger partial charge in [-0.05, 0) is 87.4 Å². The van der Waals surface area contributed by atoms with Crippen LogP contribution in [0.15, 0.2) is 109 Å². The number of allylic oxidation sites excluding steroid dienone is 2. The molecule has 0 saturated carbocycles. The summed E-state index contributed by atoms with van der Waals surface area (Å²) in [5, 5.41) is 0. The summed E-state index contributed by atoms with van der Waals surface area (Å²) in [6.45, 7) is 12.8. The summed E-state index contributed by atoms with van der Waals surface area (Å²) in [5.74, 6) is 0.812. The van der Waals surface area contributed by atoms with E-state index in [1.807, 2.05) is 97.1 Å². The molecule has 0 aromatic heterocycles. The van der Waals surface area contributed by atoms with E-state index in [0.717, 1.165) is 59.8 Å². The quantitative estimate of drug-likeness (QED) is 0.0809. The fraction of sp³-hybridized carbons (Fsp3) is 0.268. The summed E-state index contributed by atoms with van der Waals surface area (Å²) in [6, 6.07) is 31.9. The molecule has 6 nitrogen and oxygen atoms in total. The summed E-state index contributed by atoms with van der Waals surface area (Å²) in [7, 11) is 0. The first-order valence-electron chi connectivity index (χ1n) is 16.5. The number of benzene rings is 4. The van der Waals surface area contributed by atoms with Gasteiger partial charge in [-0.25, -0.2) is 0 Å². The van der Waals surface area contributed by atoms with Gasteiger partial charge in [-0.2, -0.15) is 0 Å². The summed E-state index contributed by atoms with van der Waals surface area (Å²) < 4.78 is 12.4. The lowest BCUT2D eigenvalue weighted by Crippen LogP contribution is -2.21. The highest BCUT2D eigenvalue weighted by molar-refractivity contribution is 6.11. The van der Waals surface area contributed by atoms with E-state index in [4.69, 9.17) is 9.47 Å². The van der Waals surface area contributed by atoms with Crippen LogP contribution in [-0.2, 0) is 22.8 Å². The lowest BCUT2D eigenvalue weighted by Gasteiger charge is -2.22. The molecule has 0 bridgehead atoms. The molecule has 4 aromatic rings. The topological polar surface area (TPSA) is 59.1 Å². The molecule has 0 N–H and O–H groups in total. The lowest BCUT2D eigenvalue weighted by atomic mass is 10.1. The smallest absolute Gasteiger partial charge is 0.163 e. The zero-order chi connectivity index (χ0) is 33.4. The highest BCUT2D eigenvalue weighted by Crippen LogP contribution is 2.29. The molecular formula is C41H46N2O4. The Morgan fingerprint density at radius 2 is 0.936 bits per heavy atom. The van der Waals surface area contributed by atoms with Crippen molar-refractivity contribution in [3.63, 3.8) is 0 Å². The Labute approximate surface area is 279 Å². The fourth-order valence-corrected chi connectivity index (χ4v) is 5.27. The van der Waals surface area contributed by atoms with Crippen molar-refractivity contribution in [3.8, 4) is 11.5 Å². The molecule has 0 aliphatic rings. The zero-order valence-corrected chi connectivity index (χ0v) is 28.0. The van der Waals surface area contributed by atoms with Crippen molar-refractivity contribution in [1.29, 1.82) is 0 Å². The van der Waals surface area contributed by atoms with Gasteiger partial charge >= 0.3 is 0 Å². The van der Waals surface area contributed by atoms with Crippen LogP contribution in [0.2, 0.25) is 0 Å². The Morgan fingerprint density at radius 1 is 0.553 bits per heavy atom. The molecule has 0 unspecified atom stereocenters. The molecular weight excluding hydrogens is 584 g/mol. The van der Waals surface area contributed by atoms with Gasteiger partial charge in [-0.3, -0.25) is 9.59 Å². The molecule has 47 heavy (non-hydrogen) atoms. The molecule has 4 aromatic carbocycles. The molecule has 0 radical (unpaired) electrons. The van der Waals surface area contributed by atoms with Crippen LogP contribution in [0.3, 0.4) is 0 Å². The molecule has 0 spiro atoms. The molecule has 0 aliphatic heterocycles. The van der Waals surface area contributed by atoms with E-state index in [1.165, 1.54) is 12.2 Å². The second kappa shape index (κ2) is 18.1. The minimum atomic E-state index is -0.279. The number of nitrogens with zero attached hydrogens (tertiary/aromatic N) is 2. The van der Waals surface area contributed by atoms with Gasteiger partial charge < -0.3 is 19.3 Å². The van der Waals surface area contributed by atoms with E-state index < -0.39 is 0 Å². The molecule has 0 saturated heterocycles. The van der Waals surface area contributed by atoms with Crippen LogP contribution in [0.5, 0.6) is 11.5 Å². The first-order valence-corrected chi connectivity index (χ1v) is 16.5. The predicted molar refractivity (Wildman–Crippen MR) is 194 cm³/mol. The van der Waals surface area contributed by atoms with Gasteiger partial charge in [0.2, 0.25) is 0 Å². The first kappa shape index (κ1) is 34.8. The molecule has 0 aliphatic carbocycles. The number of ether oxygens (including phenoxy) is 2. The van der Waals surface area contributed by atoms with Crippen LogP contribution in [0.4, 0.5) is 11.4 Å². The largest absolute Gasteiger partial charge is 0.488 e. The van der Waals surface area contributed by atoms with Crippen molar-refractivity contribution in [2.45, 2.75) is 47.3 Å². The van der Waals surface area contributed by atoms with Crippen molar-refractivity contribution in [2.75, 3.05) is 36.0 Å². The third-order valence-electron chi connectivity index (χ3n) is 7.97. The van der Waals surface area contributed by atoms with Gasteiger partial charge in [0, 0.05) is 60.8 Å². The van der Waals surface area contributed by atoms with Gasteiger partial charge in [-0.1, -0.05) is 60.7 Å². The van der Waals surface area contributed by atoms with Crippen molar-refractivity contribution in [2.24, 2.45) is 0 Å². The average molecular weight is 631 g/mol. The first-order chi connectivity index (χ1) is 22.9. The molecule has 244 valence electrons. The molecule has 4 rings (SSSR count). The maximum atomic E-state index is 12.9. The summed E-state index contributed by atoms with van der Waals surface area (Å²) >= 11 is 0. The van der Waals surface area contributed by atoms with Crippen LogP contribution in [0, 0.1) is 0 Å². The van der Waals surface area contributed by atoms with Gasteiger partial charge in [0.1, 0.15) is 24.7 Å². The van der Waals surface area contributed by atoms with Gasteiger partial charge in [0.15, 0.2) is 11.6 Å². The number of rotatable bonds is 18. The van der Waals surface area contributed by atoms with E-state index in [0.29, 0.717) is 24.7 Å². The standard InChI is InChI=1S/C41H46N2O4/c1-5-42(6-2)36-23-19-34(40(27-36)46-30-32-15-11-9-12-16-32)21-25-38(44)29-39(45)26-22-35-20-24-37(43(7-3)8-4)28-41(35)47-31-33-17-13-10-14-18-33/h9-28H,5-8,29-31H2,1-4H3. The van der Waals surface area contributed by atoms with E-state index in [9.17, 15) is 9.59 Å². The Kier molecular flexibility index (Phi) is 13.4. The highest BCUT2D eigenvalue weighted by atomic mass is 16.5. The summed E-state index contributed by atoms with van der Waals surface area (Å²) in [5.41, 5.74) is 5.78. The maximum absolute atomic E-state index is 12.9. The minimum Gasteiger partial charge on any atom is -0.488 e. The van der Waals surface area contributed by atoms with Gasteiger partial charge in [0.25, 0.3) is 0 Å². The SMILES string of the molecule is CCN(CC)c1ccc(C=CC(=O)CC(=O)C=Cc2ccc(N(CC)CC)cc2OCc2ccccc2)c(OCc2ccccc2)c1. The third-order valence-corrected chi connectivity index (χ3v) is 7.97. The number of anilines is 2. The Hall–Kier alpha value is -5.10. The average Bonchev–Trinajstić information content (AvgIpc) is 3.10. The van der Waals surface area contributed by atoms with E-state index in [-0.39, 0.29) is 18.0 Å². The normalized spacial score (nSPS) is 11.1. The van der Waals surface area contributed by atoms with Gasteiger partial charge in [-0.15, -0.1) is 0 Å². The zero-order valence-electron chi connectivity index (χ0n) is 28.0. The van der Waals surface area contributed by atoms with E-state index >= 15 is 0 Å². The number of hydrogen-bond donors (Lipinski definition) is 0. The van der Waals surface area contributed by atoms with Crippen LogP contribution < -0.4 is 19.3 Å². The number of carbonyl (C=O) groups excluding carboxylic acids is 2. The van der Waals surface area contributed by atoms with Crippen molar-refractivity contribution < 1.29 is 19.1 Å². The van der Waals surface area contributed by atoms with Gasteiger partial charge in [0.05, 0.1) is 6.42 Å². The Morgan fingerprint density at radius 3 is 1.30 bits per heavy atom. The fourth-order valence-electron chi connectivity index (χ4n) is 5.27. The molecule has 0 atom stereocenters. The minimum absolute atomic E-state index is 0.234. The van der Waals surface area contributed by atoms with Crippen molar-refractivity contribution in [1.82, 2.24) is 0 Å². The second-order valence-electron chi connectivity index (χ2n) is 11.1. The van der Waals surface area contributed by atoms with Crippen molar-refractivity contribution >= 4 is 35.1 Å². The third kappa shape index (κ3) is 10.5. The Bertz CT molecular complexity index is 1520. The molecule has 0 amide bonds. The maximum Gasteiger partial charge on any atom is 0.163 e. The number of ketones is 2. The van der Waals surface area contributed by atoms with Crippen molar-refractivity contribution in [3.05, 3.63) is 131 Å². The van der Waals surface area contributed by atoms with Crippen LogP contribution in [0.1, 0.15) is 56.4 Å². The Balaban J connectivity index is 1.46. The number of hydrogen-bond acceptors (Lipinski definition) is 6. The predicted octanol–water partition coefficient (Wildman–Crippen LogP) is 8.79. The van der Waals surface area contributed by atoms with E-state index in [2.05, 4.69) is 37.5 Å². The van der Waals surface area contributed by atoms with Crippen LogP contribution in [-0.4, -0.2) is 37.7 Å².